The normalized spacial score (nSPS) is 19.9. The molecule has 4 heterocycles. The van der Waals surface area contributed by atoms with Crippen molar-refractivity contribution in [2.75, 3.05) is 53.5 Å². The summed E-state index contributed by atoms with van der Waals surface area (Å²) in [5.41, 5.74) is 3.46. The number of methoxy groups -OCH3 is 1. The number of hydrogen-bond donors (Lipinski definition) is 3. The van der Waals surface area contributed by atoms with Gasteiger partial charge in [-0.25, -0.2) is 0 Å². The predicted molar refractivity (Wildman–Crippen MR) is 263 cm³/mol. The first-order valence-electron chi connectivity index (χ1n) is 24.0. The minimum Gasteiger partial charge on any atom is -0.506 e. The Kier molecular flexibility index (Phi) is 16.0. The van der Waals surface area contributed by atoms with E-state index in [-0.39, 0.29) is 40.9 Å². The van der Waals surface area contributed by atoms with Crippen molar-refractivity contribution in [3.63, 3.8) is 0 Å². The van der Waals surface area contributed by atoms with E-state index in [0.29, 0.717) is 53.0 Å². The van der Waals surface area contributed by atoms with Crippen LogP contribution >= 0.6 is 11.6 Å². The molecule has 0 radical (unpaired) electrons. The molecule has 1 aliphatic carbocycles. The predicted octanol–water partition coefficient (Wildman–Crippen LogP) is 9.45. The topological polar surface area (TPSA) is 143 Å². The lowest BCUT2D eigenvalue weighted by molar-refractivity contribution is -0.167. The molecule has 12 nitrogen and oxygen atoms in total. The van der Waals surface area contributed by atoms with Crippen molar-refractivity contribution in [3.8, 4) is 17.2 Å². The summed E-state index contributed by atoms with van der Waals surface area (Å²) in [6.45, 7) is 15.3. The Morgan fingerprint density at radius 3 is 2.47 bits per heavy atom. The number of aryl methyl sites for hydroxylation is 1. The smallest absolute Gasteiger partial charge is 0.316 e. The van der Waals surface area contributed by atoms with Crippen molar-refractivity contribution >= 4 is 42.7 Å². The number of pyridine rings is 1. The highest BCUT2D eigenvalue weighted by molar-refractivity contribution is 6.74. The second-order valence-corrected chi connectivity index (χ2v) is 25.5. The van der Waals surface area contributed by atoms with E-state index in [9.17, 15) is 19.5 Å². The van der Waals surface area contributed by atoms with Crippen LogP contribution in [0.2, 0.25) is 23.2 Å². The molecule has 4 fully saturated rings. The van der Waals surface area contributed by atoms with Crippen LogP contribution in [-0.4, -0.2) is 99.7 Å². The number of halogens is 1. The van der Waals surface area contributed by atoms with Crippen molar-refractivity contribution in [2.24, 2.45) is 5.92 Å². The van der Waals surface area contributed by atoms with Crippen LogP contribution in [0.25, 0.3) is 10.9 Å². The summed E-state index contributed by atoms with van der Waals surface area (Å²) in [6, 6.07) is 18.7. The molecule has 3 aromatic carbocycles. The summed E-state index contributed by atoms with van der Waals surface area (Å²) in [5, 5.41) is 15.1. The number of fused-ring (bicyclic) bond motifs is 4. The highest BCUT2D eigenvalue weighted by Gasteiger charge is 2.46. The minimum atomic E-state index is -2.28. The molecule has 3 N–H and O–H groups in total. The number of aromatic nitrogens is 1. The number of rotatable bonds is 19. The van der Waals surface area contributed by atoms with Crippen molar-refractivity contribution in [2.45, 2.75) is 127 Å². The number of carbonyl (C=O) groups is 2. The lowest BCUT2D eigenvalue weighted by atomic mass is 9.69. The SMILES string of the molecule is COc1cc(OCC(=O)N(C)CCCCc2cccc(C3(C(=O)OC4CN5CCC4CC5)CCCCC3)c2)c(Cl)cc1CNC[C@H](O[Si](C)(C)C(C)(C)C)c1ccc(O)c2[nH]c(=O)ccc12. The molecule has 0 spiro atoms. The number of aromatic hydroxyl groups is 1. The summed E-state index contributed by atoms with van der Waals surface area (Å²) in [7, 11) is 1.10. The molecule has 66 heavy (non-hydrogen) atoms. The Balaban J connectivity index is 0.912. The van der Waals surface area contributed by atoms with Gasteiger partial charge in [0.25, 0.3) is 5.91 Å². The molecule has 1 unspecified atom stereocenters. The average Bonchev–Trinajstić information content (AvgIpc) is 3.30. The van der Waals surface area contributed by atoms with E-state index in [1.165, 1.54) is 11.6 Å². The van der Waals surface area contributed by atoms with Gasteiger partial charge in [-0.15, -0.1) is 0 Å². The first kappa shape index (κ1) is 49.5. The number of piperidine rings is 3. The molecule has 14 heteroatoms. The Labute approximate surface area is 396 Å². The van der Waals surface area contributed by atoms with Gasteiger partial charge < -0.3 is 38.9 Å². The number of H-pyrrole nitrogens is 1. The quantitative estimate of drug-likeness (QED) is 0.0473. The van der Waals surface area contributed by atoms with Crippen molar-refractivity contribution in [1.82, 2.24) is 20.1 Å². The number of nitrogens with one attached hydrogen (secondary N) is 2. The van der Waals surface area contributed by atoms with Crippen molar-refractivity contribution in [3.05, 3.63) is 98.3 Å². The molecule has 2 atom stereocenters. The lowest BCUT2D eigenvalue weighted by Gasteiger charge is -2.45. The number of phenols is 1. The number of benzene rings is 3. The first-order chi connectivity index (χ1) is 31.5. The van der Waals surface area contributed by atoms with Crippen LogP contribution in [0.3, 0.4) is 0 Å². The first-order valence-corrected chi connectivity index (χ1v) is 27.3. The van der Waals surface area contributed by atoms with Crippen LogP contribution < -0.4 is 20.3 Å². The monoisotopic (exact) mass is 942 g/mol. The summed E-state index contributed by atoms with van der Waals surface area (Å²) in [4.78, 5) is 46.4. The third kappa shape index (κ3) is 11.5. The molecular formula is C52H71ClN4O8Si. The minimum absolute atomic E-state index is 0.00250. The maximum absolute atomic E-state index is 14.1. The third-order valence-corrected chi connectivity index (χ3v) is 19.7. The fourth-order valence-electron chi connectivity index (χ4n) is 9.78. The Morgan fingerprint density at radius 2 is 1.77 bits per heavy atom. The van der Waals surface area contributed by atoms with E-state index in [2.05, 4.69) is 73.3 Å². The van der Waals surface area contributed by atoms with Gasteiger partial charge in [-0.1, -0.05) is 82.0 Å². The van der Waals surface area contributed by atoms with Crippen LogP contribution in [0.15, 0.2) is 65.5 Å². The maximum atomic E-state index is 14.1. The van der Waals surface area contributed by atoms with Crippen LogP contribution in [0, 0.1) is 5.92 Å². The van der Waals surface area contributed by atoms with E-state index >= 15 is 0 Å². The number of phenolic OH excluding ortho intramolecular Hbond substituents is 1. The maximum Gasteiger partial charge on any atom is 0.316 e. The van der Waals surface area contributed by atoms with Crippen LogP contribution in [-0.2, 0) is 37.1 Å². The number of ether oxygens (including phenoxy) is 3. The number of likely N-dealkylation sites (N-methyl/N-ethyl adjacent to an activating group) is 1. The van der Waals surface area contributed by atoms with Crippen LogP contribution in [0.5, 0.6) is 17.2 Å². The van der Waals surface area contributed by atoms with Gasteiger partial charge in [-0.3, -0.25) is 19.3 Å². The highest BCUT2D eigenvalue weighted by atomic mass is 35.5. The molecule has 3 aliphatic heterocycles. The molecule has 358 valence electrons. The van der Waals surface area contributed by atoms with E-state index in [4.69, 9.17) is 30.2 Å². The zero-order chi connectivity index (χ0) is 47.2. The van der Waals surface area contributed by atoms with Crippen LogP contribution in [0.4, 0.5) is 0 Å². The summed E-state index contributed by atoms with van der Waals surface area (Å²) < 4.78 is 25.1. The molecule has 1 aromatic heterocycles. The number of aromatic amines is 1. The second-order valence-electron chi connectivity index (χ2n) is 20.4. The highest BCUT2D eigenvalue weighted by Crippen LogP contribution is 2.44. The van der Waals surface area contributed by atoms with E-state index in [1.807, 2.05) is 6.07 Å². The van der Waals surface area contributed by atoms with Crippen molar-refractivity contribution < 1.29 is 33.3 Å². The van der Waals surface area contributed by atoms with Gasteiger partial charge in [-0.05, 0) is 117 Å². The van der Waals surface area contributed by atoms with Gasteiger partial charge in [0.2, 0.25) is 5.56 Å². The van der Waals surface area contributed by atoms with Gasteiger partial charge in [0, 0.05) is 56.3 Å². The number of amides is 1. The summed E-state index contributed by atoms with van der Waals surface area (Å²) >= 11 is 6.76. The van der Waals surface area contributed by atoms with E-state index in [0.717, 1.165) is 101 Å². The van der Waals surface area contributed by atoms with Gasteiger partial charge >= 0.3 is 5.97 Å². The Morgan fingerprint density at radius 1 is 1.02 bits per heavy atom. The number of esters is 1. The molecule has 2 bridgehead atoms. The molecule has 8 rings (SSSR count). The molecule has 4 aliphatic rings. The van der Waals surface area contributed by atoms with Gasteiger partial charge in [0.1, 0.15) is 23.4 Å². The van der Waals surface area contributed by atoms with Gasteiger partial charge in [0.05, 0.1) is 29.2 Å². The zero-order valence-corrected chi connectivity index (χ0v) is 41.9. The Bertz CT molecular complexity index is 2390. The zero-order valence-electron chi connectivity index (χ0n) is 40.1. The largest absolute Gasteiger partial charge is 0.506 e. The second kappa shape index (κ2) is 21.3. The summed E-state index contributed by atoms with van der Waals surface area (Å²) in [5.74, 6) is 1.21. The molecule has 1 amide bonds. The molecule has 4 aromatic rings. The van der Waals surface area contributed by atoms with Crippen molar-refractivity contribution in [1.29, 1.82) is 0 Å². The average molecular weight is 944 g/mol. The lowest BCUT2D eigenvalue weighted by Crippen LogP contribution is -2.53. The number of hydrogen-bond acceptors (Lipinski definition) is 10. The third-order valence-electron chi connectivity index (χ3n) is 14.9. The number of unbranched alkanes of at least 4 members (excludes halogenated alkanes) is 1. The van der Waals surface area contributed by atoms with E-state index < -0.39 is 19.8 Å². The molecule has 1 saturated carbocycles. The fourth-order valence-corrected chi connectivity index (χ4v) is 11.3. The van der Waals surface area contributed by atoms with E-state index in [1.54, 1.807) is 43.3 Å². The fraction of sp³-hybridized carbons (Fsp3) is 0.558. The van der Waals surface area contributed by atoms with Crippen LogP contribution in [0.1, 0.15) is 107 Å². The number of nitrogens with zero attached hydrogens (tertiary/aromatic N) is 2. The van der Waals surface area contributed by atoms with Gasteiger partial charge in [-0.2, -0.15) is 0 Å². The molecular weight excluding hydrogens is 872 g/mol. The van der Waals surface area contributed by atoms with Gasteiger partial charge in [0.15, 0.2) is 14.9 Å². The Hall–Kier alpha value is -4.40. The molecule has 3 saturated heterocycles. The number of carbonyl (C=O) groups excluding carboxylic acids is 2. The standard InChI is InChI=1S/C52H71ClN4O8Si/c1-51(2,3)66(6,7)65-45(39-17-19-42(58)49-40(39)18-20-47(59)55-49)32-54-31-37-29-41(53)44(30-43(37)62-5)63-34-48(60)56(4)25-12-9-14-35-15-13-16-38(28-35)52(23-10-8-11-24-52)50(61)64-46-33-57-26-21-36(46)22-27-57/h13,15-20,28-30,36,45-46,54,58H,8-12,14,21-27,31-34H2,1-7H3,(H,55,59)/t45-,46?/m0/s1. The summed E-state index contributed by atoms with van der Waals surface area (Å²) in [6.07, 6.45) is 9.34.